The van der Waals surface area contributed by atoms with Crippen molar-refractivity contribution in [1.29, 1.82) is 0 Å². The minimum Gasteiger partial charge on any atom is -0.496 e. The normalized spacial score (nSPS) is 13.3. The van der Waals surface area contributed by atoms with E-state index >= 15 is 0 Å². The molecule has 0 aromatic heterocycles. The Hall–Kier alpha value is -2.89. The molecule has 1 aliphatic heterocycles. The fourth-order valence-corrected chi connectivity index (χ4v) is 2.61. The van der Waals surface area contributed by atoms with Gasteiger partial charge in [-0.1, -0.05) is 12.1 Å². The Morgan fingerprint density at radius 3 is 2.42 bits per heavy atom. The highest BCUT2D eigenvalue weighted by Gasteiger charge is 2.21. The van der Waals surface area contributed by atoms with Gasteiger partial charge in [0.1, 0.15) is 17.1 Å². The zero-order valence-electron chi connectivity index (χ0n) is 13.8. The van der Waals surface area contributed by atoms with E-state index in [-0.39, 0.29) is 18.7 Å². The SMILES string of the molecule is COc1cccc(OC)c1C(=O)NC(C)c1ccc2c(c1)OCO2. The van der Waals surface area contributed by atoms with Crippen LogP contribution in [-0.4, -0.2) is 26.9 Å². The molecule has 6 heteroatoms. The number of fused-ring (bicyclic) bond motifs is 1. The number of nitrogens with one attached hydrogen (secondary N) is 1. The number of hydrogen-bond acceptors (Lipinski definition) is 5. The topological polar surface area (TPSA) is 66.0 Å². The summed E-state index contributed by atoms with van der Waals surface area (Å²) in [5, 5.41) is 2.96. The number of ether oxygens (including phenoxy) is 4. The van der Waals surface area contributed by atoms with Crippen LogP contribution in [0.2, 0.25) is 0 Å². The zero-order chi connectivity index (χ0) is 17.1. The lowest BCUT2D eigenvalue weighted by atomic mass is 10.1. The highest BCUT2D eigenvalue weighted by Crippen LogP contribution is 2.34. The molecule has 126 valence electrons. The largest absolute Gasteiger partial charge is 0.496 e. The maximum atomic E-state index is 12.7. The van der Waals surface area contributed by atoms with E-state index in [0.717, 1.165) is 5.56 Å². The van der Waals surface area contributed by atoms with Crippen LogP contribution in [0.3, 0.4) is 0 Å². The average molecular weight is 329 g/mol. The number of carbonyl (C=O) groups excluding carboxylic acids is 1. The van der Waals surface area contributed by atoms with E-state index in [4.69, 9.17) is 18.9 Å². The third kappa shape index (κ3) is 2.95. The summed E-state index contributed by atoms with van der Waals surface area (Å²) in [6.07, 6.45) is 0. The maximum absolute atomic E-state index is 12.7. The molecular weight excluding hydrogens is 310 g/mol. The Morgan fingerprint density at radius 2 is 1.75 bits per heavy atom. The van der Waals surface area contributed by atoms with Crippen molar-refractivity contribution in [1.82, 2.24) is 5.32 Å². The van der Waals surface area contributed by atoms with Gasteiger partial charge in [-0.2, -0.15) is 0 Å². The number of rotatable bonds is 5. The molecule has 0 fully saturated rings. The molecule has 2 aromatic rings. The molecule has 0 spiro atoms. The van der Waals surface area contributed by atoms with Crippen LogP contribution in [-0.2, 0) is 0 Å². The standard InChI is InChI=1S/C18H19NO5/c1-11(12-7-8-13-16(9-12)24-10-23-13)19-18(20)17-14(21-2)5-4-6-15(17)22-3/h4-9,11H,10H2,1-3H3,(H,19,20). The molecule has 0 bridgehead atoms. The molecule has 1 unspecified atom stereocenters. The summed E-state index contributed by atoms with van der Waals surface area (Å²) in [4.78, 5) is 12.7. The molecule has 1 heterocycles. The van der Waals surface area contributed by atoms with Gasteiger partial charge in [-0.25, -0.2) is 0 Å². The molecular formula is C18H19NO5. The number of methoxy groups -OCH3 is 2. The van der Waals surface area contributed by atoms with Gasteiger partial charge in [-0.05, 0) is 36.8 Å². The number of benzene rings is 2. The van der Waals surface area contributed by atoms with E-state index in [1.54, 1.807) is 18.2 Å². The molecule has 3 rings (SSSR count). The van der Waals surface area contributed by atoms with E-state index in [2.05, 4.69) is 5.32 Å². The van der Waals surface area contributed by atoms with Gasteiger partial charge in [-0.15, -0.1) is 0 Å². The van der Waals surface area contributed by atoms with Gasteiger partial charge < -0.3 is 24.3 Å². The Bertz CT molecular complexity index is 737. The minimum absolute atomic E-state index is 0.220. The lowest BCUT2D eigenvalue weighted by Crippen LogP contribution is -2.27. The van der Waals surface area contributed by atoms with Gasteiger partial charge in [0.2, 0.25) is 6.79 Å². The van der Waals surface area contributed by atoms with E-state index in [1.165, 1.54) is 14.2 Å². The summed E-state index contributed by atoms with van der Waals surface area (Å²) in [7, 11) is 3.04. The molecule has 1 atom stereocenters. The van der Waals surface area contributed by atoms with Crippen molar-refractivity contribution < 1.29 is 23.7 Å². The van der Waals surface area contributed by atoms with Crippen molar-refractivity contribution in [2.45, 2.75) is 13.0 Å². The first-order valence-corrected chi connectivity index (χ1v) is 7.55. The Morgan fingerprint density at radius 1 is 1.08 bits per heavy atom. The lowest BCUT2D eigenvalue weighted by Gasteiger charge is -2.17. The minimum atomic E-state index is -0.269. The number of amides is 1. The van der Waals surface area contributed by atoms with Gasteiger partial charge in [0.05, 0.1) is 20.3 Å². The Kier molecular flexibility index (Phi) is 4.46. The first kappa shape index (κ1) is 16.0. The Balaban J connectivity index is 1.82. The number of hydrogen-bond donors (Lipinski definition) is 1. The second-order valence-electron chi connectivity index (χ2n) is 5.35. The third-order valence-corrected chi connectivity index (χ3v) is 3.90. The molecule has 6 nitrogen and oxygen atoms in total. The first-order valence-electron chi connectivity index (χ1n) is 7.55. The van der Waals surface area contributed by atoms with Gasteiger partial charge in [-0.3, -0.25) is 4.79 Å². The Labute approximate surface area is 140 Å². The van der Waals surface area contributed by atoms with Crippen molar-refractivity contribution in [3.63, 3.8) is 0 Å². The van der Waals surface area contributed by atoms with E-state index in [0.29, 0.717) is 28.6 Å². The van der Waals surface area contributed by atoms with Crippen molar-refractivity contribution in [3.8, 4) is 23.0 Å². The second kappa shape index (κ2) is 6.70. The summed E-state index contributed by atoms with van der Waals surface area (Å²) in [5.41, 5.74) is 1.29. The average Bonchev–Trinajstić information content (AvgIpc) is 3.08. The van der Waals surface area contributed by atoms with Gasteiger partial charge in [0, 0.05) is 0 Å². The molecule has 1 amide bonds. The summed E-state index contributed by atoms with van der Waals surface area (Å²) in [6.45, 7) is 2.12. The highest BCUT2D eigenvalue weighted by molar-refractivity contribution is 6.00. The molecule has 0 saturated heterocycles. The molecule has 24 heavy (non-hydrogen) atoms. The predicted octanol–water partition coefficient (Wildman–Crippen LogP) is 2.92. The van der Waals surface area contributed by atoms with E-state index < -0.39 is 0 Å². The first-order chi connectivity index (χ1) is 11.6. The molecule has 0 aliphatic carbocycles. The van der Waals surface area contributed by atoms with Gasteiger partial charge in [0.15, 0.2) is 11.5 Å². The number of carbonyl (C=O) groups is 1. The van der Waals surface area contributed by atoms with Gasteiger partial charge >= 0.3 is 0 Å². The van der Waals surface area contributed by atoms with Crippen LogP contribution in [0, 0.1) is 0 Å². The smallest absolute Gasteiger partial charge is 0.259 e. The van der Waals surface area contributed by atoms with E-state index in [1.807, 2.05) is 25.1 Å². The van der Waals surface area contributed by atoms with Gasteiger partial charge in [0.25, 0.3) is 5.91 Å². The van der Waals surface area contributed by atoms with Crippen molar-refractivity contribution in [2.24, 2.45) is 0 Å². The van der Waals surface area contributed by atoms with Crippen LogP contribution >= 0.6 is 0 Å². The third-order valence-electron chi connectivity index (χ3n) is 3.90. The molecule has 0 radical (unpaired) electrons. The summed E-state index contributed by atoms with van der Waals surface area (Å²) < 4.78 is 21.2. The summed E-state index contributed by atoms with van der Waals surface area (Å²) in [5.74, 6) is 2.05. The molecule has 1 N–H and O–H groups in total. The van der Waals surface area contributed by atoms with Crippen LogP contribution in [0.15, 0.2) is 36.4 Å². The lowest BCUT2D eigenvalue weighted by molar-refractivity contribution is 0.0933. The van der Waals surface area contributed by atoms with Crippen molar-refractivity contribution >= 4 is 5.91 Å². The van der Waals surface area contributed by atoms with E-state index in [9.17, 15) is 4.79 Å². The fraction of sp³-hybridized carbons (Fsp3) is 0.278. The van der Waals surface area contributed by atoms with Crippen LogP contribution in [0.25, 0.3) is 0 Å². The van der Waals surface area contributed by atoms with Crippen LogP contribution in [0.5, 0.6) is 23.0 Å². The molecule has 2 aromatic carbocycles. The zero-order valence-corrected chi connectivity index (χ0v) is 13.8. The van der Waals surface area contributed by atoms with Crippen LogP contribution in [0.1, 0.15) is 28.9 Å². The monoisotopic (exact) mass is 329 g/mol. The van der Waals surface area contributed by atoms with Crippen molar-refractivity contribution in [2.75, 3.05) is 21.0 Å². The summed E-state index contributed by atoms with van der Waals surface area (Å²) in [6, 6.07) is 10.6. The maximum Gasteiger partial charge on any atom is 0.259 e. The quantitative estimate of drug-likeness (QED) is 0.913. The van der Waals surface area contributed by atoms with Crippen molar-refractivity contribution in [3.05, 3.63) is 47.5 Å². The summed E-state index contributed by atoms with van der Waals surface area (Å²) >= 11 is 0. The second-order valence-corrected chi connectivity index (χ2v) is 5.35. The van der Waals surface area contributed by atoms with Crippen LogP contribution in [0.4, 0.5) is 0 Å². The fourth-order valence-electron chi connectivity index (χ4n) is 2.61. The molecule has 0 saturated carbocycles. The molecule has 1 aliphatic rings. The highest BCUT2D eigenvalue weighted by atomic mass is 16.7. The predicted molar refractivity (Wildman–Crippen MR) is 88.0 cm³/mol. The van der Waals surface area contributed by atoms with Crippen LogP contribution < -0.4 is 24.3 Å².